The van der Waals surface area contributed by atoms with Crippen molar-refractivity contribution in [3.63, 3.8) is 0 Å². The van der Waals surface area contributed by atoms with Crippen LogP contribution < -0.4 is 5.73 Å². The summed E-state index contributed by atoms with van der Waals surface area (Å²) in [6.07, 6.45) is -3.33. The first-order chi connectivity index (χ1) is 7.02. The van der Waals surface area contributed by atoms with Gasteiger partial charge in [0.15, 0.2) is 0 Å². The van der Waals surface area contributed by atoms with Crippen molar-refractivity contribution in [3.05, 3.63) is 35.4 Å². The van der Waals surface area contributed by atoms with Gasteiger partial charge in [-0.1, -0.05) is 18.2 Å². The molecule has 0 radical (unpaired) electrons. The number of hydrogen-bond donors (Lipinski definition) is 1. The van der Waals surface area contributed by atoms with E-state index < -0.39 is 11.7 Å². The molecule has 0 aliphatic heterocycles. The average molecular weight is 215 g/mol. The van der Waals surface area contributed by atoms with Gasteiger partial charge in [0.2, 0.25) is 0 Å². The molecule has 4 heteroatoms. The van der Waals surface area contributed by atoms with Crippen LogP contribution in [0.1, 0.15) is 23.5 Å². The van der Waals surface area contributed by atoms with Gasteiger partial charge < -0.3 is 5.73 Å². The second-order valence-corrected chi connectivity index (χ2v) is 3.96. The molecule has 2 atom stereocenters. The minimum Gasteiger partial charge on any atom is -0.330 e. The van der Waals surface area contributed by atoms with E-state index >= 15 is 0 Å². The quantitative estimate of drug-likeness (QED) is 0.806. The summed E-state index contributed by atoms with van der Waals surface area (Å²) in [6, 6.07) is 5.54. The molecular weight excluding hydrogens is 203 g/mol. The fourth-order valence-electron chi connectivity index (χ4n) is 1.86. The lowest BCUT2D eigenvalue weighted by molar-refractivity contribution is -0.137. The van der Waals surface area contributed by atoms with Gasteiger partial charge in [0, 0.05) is 0 Å². The van der Waals surface area contributed by atoms with Gasteiger partial charge in [-0.25, -0.2) is 0 Å². The summed E-state index contributed by atoms with van der Waals surface area (Å²) in [6.45, 7) is 0.556. The standard InChI is InChI=1S/C11H12F3N/c12-11(13,14)9-3-1-2-7(4-9)10-5-8(10)6-15/h1-4,8,10H,5-6,15H2/t8-,10?/m0/s1. The second kappa shape index (κ2) is 3.52. The van der Waals surface area contributed by atoms with E-state index in [1.54, 1.807) is 6.07 Å². The molecule has 82 valence electrons. The molecule has 2 N–H and O–H groups in total. The average Bonchev–Trinajstić information content (AvgIpc) is 2.95. The van der Waals surface area contributed by atoms with Crippen LogP contribution in [0.25, 0.3) is 0 Å². The molecule has 1 aliphatic carbocycles. The highest BCUT2D eigenvalue weighted by Crippen LogP contribution is 2.47. The Kier molecular flexibility index (Phi) is 2.46. The fourth-order valence-corrected chi connectivity index (χ4v) is 1.86. The van der Waals surface area contributed by atoms with Crippen LogP contribution in [0.2, 0.25) is 0 Å². The van der Waals surface area contributed by atoms with E-state index in [4.69, 9.17) is 5.73 Å². The molecule has 1 unspecified atom stereocenters. The molecule has 2 rings (SSSR count). The van der Waals surface area contributed by atoms with Gasteiger partial charge in [-0.15, -0.1) is 0 Å². The lowest BCUT2D eigenvalue weighted by Crippen LogP contribution is -2.06. The topological polar surface area (TPSA) is 26.0 Å². The van der Waals surface area contributed by atoms with Crippen LogP contribution in [0, 0.1) is 5.92 Å². The monoisotopic (exact) mass is 215 g/mol. The largest absolute Gasteiger partial charge is 0.416 e. The summed E-state index contributed by atoms with van der Waals surface area (Å²) >= 11 is 0. The maximum Gasteiger partial charge on any atom is 0.416 e. The zero-order valence-electron chi connectivity index (χ0n) is 8.09. The molecule has 0 amide bonds. The third-order valence-electron chi connectivity index (χ3n) is 2.87. The molecule has 1 aliphatic rings. The molecule has 0 aromatic heterocycles. The summed E-state index contributed by atoms with van der Waals surface area (Å²) in [7, 11) is 0. The molecule has 1 aromatic carbocycles. The Balaban J connectivity index is 2.21. The molecule has 1 fully saturated rings. The number of nitrogens with two attached hydrogens (primary N) is 1. The highest BCUT2D eigenvalue weighted by Gasteiger charge is 2.38. The zero-order valence-corrected chi connectivity index (χ0v) is 8.09. The van der Waals surface area contributed by atoms with Crippen molar-refractivity contribution in [3.8, 4) is 0 Å². The first kappa shape index (κ1) is 10.5. The molecule has 0 saturated heterocycles. The van der Waals surface area contributed by atoms with Gasteiger partial charge in [0.25, 0.3) is 0 Å². The van der Waals surface area contributed by atoms with Crippen LogP contribution in [0.3, 0.4) is 0 Å². The summed E-state index contributed by atoms with van der Waals surface area (Å²) in [4.78, 5) is 0. The Hall–Kier alpha value is -1.03. The minimum absolute atomic E-state index is 0.234. The summed E-state index contributed by atoms with van der Waals surface area (Å²) in [5.41, 5.74) is 5.66. The Bertz CT molecular complexity index is 359. The normalized spacial score (nSPS) is 25.3. The lowest BCUT2D eigenvalue weighted by atomic mass is 10.1. The van der Waals surface area contributed by atoms with Crippen molar-refractivity contribution in [1.82, 2.24) is 0 Å². The Morgan fingerprint density at radius 1 is 1.33 bits per heavy atom. The van der Waals surface area contributed by atoms with E-state index in [1.165, 1.54) is 12.1 Å². The number of benzene rings is 1. The summed E-state index contributed by atoms with van der Waals surface area (Å²) in [5.74, 6) is 0.603. The van der Waals surface area contributed by atoms with Crippen molar-refractivity contribution in [2.75, 3.05) is 6.54 Å². The van der Waals surface area contributed by atoms with E-state index in [0.717, 1.165) is 18.1 Å². The van der Waals surface area contributed by atoms with Crippen LogP contribution in [0.15, 0.2) is 24.3 Å². The molecular formula is C11H12F3N. The Morgan fingerprint density at radius 3 is 2.60 bits per heavy atom. The minimum atomic E-state index is -4.25. The first-order valence-corrected chi connectivity index (χ1v) is 4.89. The van der Waals surface area contributed by atoms with E-state index in [-0.39, 0.29) is 5.92 Å². The molecule has 0 bridgehead atoms. The predicted molar refractivity (Wildman–Crippen MR) is 51.3 cm³/mol. The van der Waals surface area contributed by atoms with Gasteiger partial charge in [-0.05, 0) is 36.4 Å². The van der Waals surface area contributed by atoms with Crippen LogP contribution >= 0.6 is 0 Å². The Labute approximate surface area is 86.1 Å². The summed E-state index contributed by atoms with van der Waals surface area (Å²) < 4.78 is 37.2. The molecule has 1 saturated carbocycles. The highest BCUT2D eigenvalue weighted by atomic mass is 19.4. The number of rotatable bonds is 2. The van der Waals surface area contributed by atoms with Gasteiger partial charge in [0.05, 0.1) is 5.56 Å². The van der Waals surface area contributed by atoms with E-state index in [0.29, 0.717) is 12.5 Å². The van der Waals surface area contributed by atoms with Gasteiger partial charge in [-0.3, -0.25) is 0 Å². The SMILES string of the molecule is NC[C@@H]1CC1c1cccc(C(F)(F)F)c1. The fraction of sp³-hybridized carbons (Fsp3) is 0.455. The van der Waals surface area contributed by atoms with Crippen molar-refractivity contribution in [2.24, 2.45) is 11.7 Å². The van der Waals surface area contributed by atoms with Crippen LogP contribution in [0.4, 0.5) is 13.2 Å². The van der Waals surface area contributed by atoms with Crippen molar-refractivity contribution in [2.45, 2.75) is 18.5 Å². The third kappa shape index (κ3) is 2.15. The van der Waals surface area contributed by atoms with E-state index in [1.807, 2.05) is 0 Å². The number of alkyl halides is 3. The van der Waals surface area contributed by atoms with E-state index in [9.17, 15) is 13.2 Å². The third-order valence-corrected chi connectivity index (χ3v) is 2.87. The van der Waals surface area contributed by atoms with Crippen molar-refractivity contribution >= 4 is 0 Å². The van der Waals surface area contributed by atoms with Gasteiger partial charge in [0.1, 0.15) is 0 Å². The zero-order chi connectivity index (χ0) is 11.1. The lowest BCUT2D eigenvalue weighted by Gasteiger charge is -2.08. The predicted octanol–water partition coefficient (Wildman–Crippen LogP) is 2.77. The van der Waals surface area contributed by atoms with Crippen molar-refractivity contribution in [1.29, 1.82) is 0 Å². The first-order valence-electron chi connectivity index (χ1n) is 4.89. The van der Waals surface area contributed by atoms with Gasteiger partial charge >= 0.3 is 6.18 Å². The van der Waals surface area contributed by atoms with Crippen LogP contribution in [-0.2, 0) is 6.18 Å². The van der Waals surface area contributed by atoms with E-state index in [2.05, 4.69) is 0 Å². The second-order valence-electron chi connectivity index (χ2n) is 3.96. The smallest absolute Gasteiger partial charge is 0.330 e. The summed E-state index contributed by atoms with van der Waals surface area (Å²) in [5, 5.41) is 0. The maximum absolute atomic E-state index is 12.4. The van der Waals surface area contributed by atoms with Gasteiger partial charge in [-0.2, -0.15) is 13.2 Å². The molecule has 1 nitrogen and oxygen atoms in total. The Morgan fingerprint density at radius 2 is 2.07 bits per heavy atom. The molecule has 1 aromatic rings. The highest BCUT2D eigenvalue weighted by molar-refractivity contribution is 5.31. The molecule has 0 heterocycles. The van der Waals surface area contributed by atoms with Crippen LogP contribution in [-0.4, -0.2) is 6.54 Å². The van der Waals surface area contributed by atoms with Crippen molar-refractivity contribution < 1.29 is 13.2 Å². The van der Waals surface area contributed by atoms with Crippen LogP contribution in [0.5, 0.6) is 0 Å². The number of hydrogen-bond acceptors (Lipinski definition) is 1. The molecule has 0 spiro atoms. The molecule has 15 heavy (non-hydrogen) atoms. The maximum atomic E-state index is 12.4. The number of halogens is 3.